The number of aromatic carboxylic acids is 1. The molecule has 0 saturated carbocycles. The molecule has 2 aromatic heterocycles. The van der Waals surface area contributed by atoms with Crippen LogP contribution in [0, 0.1) is 0 Å². The summed E-state index contributed by atoms with van der Waals surface area (Å²) in [6, 6.07) is 6.63. The van der Waals surface area contributed by atoms with Gasteiger partial charge in [0.1, 0.15) is 10.3 Å². The molecule has 8 heteroatoms. The highest BCUT2D eigenvalue weighted by Gasteiger charge is 2.12. The minimum absolute atomic E-state index is 0.0773. The van der Waals surface area contributed by atoms with Crippen LogP contribution in [0.4, 0.5) is 0 Å². The quantitative estimate of drug-likeness (QED) is 0.0690. The number of carbonyl (C=O) groups is 2. The molecule has 44 heavy (non-hydrogen) atoms. The molecule has 2 heterocycles. The maximum Gasteiger partial charge on any atom is 0.341 e. The fraction of sp³-hybridized carbons (Fsp3) is 0.667. The molecule has 248 valence electrons. The van der Waals surface area contributed by atoms with Gasteiger partial charge in [-0.15, -0.1) is 0 Å². The highest BCUT2D eigenvalue weighted by Crippen LogP contribution is 2.17. The molecule has 2 aromatic rings. The number of hydrogen-bond acceptors (Lipinski definition) is 5. The van der Waals surface area contributed by atoms with Gasteiger partial charge in [-0.05, 0) is 43.5 Å². The second-order valence-corrected chi connectivity index (χ2v) is 12.3. The number of halogens is 2. The zero-order valence-electron chi connectivity index (χ0n) is 27.3. The third-order valence-electron chi connectivity index (χ3n) is 7.63. The summed E-state index contributed by atoms with van der Waals surface area (Å²) in [6.45, 7) is 4.95. The Kier molecular flexibility index (Phi) is 24.6. The number of nitrogens with zero attached hydrogens (tertiary/aromatic N) is 2. The summed E-state index contributed by atoms with van der Waals surface area (Å²) in [4.78, 5) is 30.7. The SMILES string of the molecule is CCCCCCCCCCCCOC(=O)c1cccnc1Cl.CCCCCCCCCCCCc1ccc(C(=O)O)c(Cl)n1. The van der Waals surface area contributed by atoms with Crippen molar-refractivity contribution >= 4 is 35.1 Å². The van der Waals surface area contributed by atoms with Crippen LogP contribution >= 0.6 is 23.2 Å². The number of rotatable bonds is 24. The van der Waals surface area contributed by atoms with Crippen molar-refractivity contribution in [1.29, 1.82) is 0 Å². The highest BCUT2D eigenvalue weighted by molar-refractivity contribution is 6.32. The van der Waals surface area contributed by atoms with Crippen molar-refractivity contribution in [3.63, 3.8) is 0 Å². The van der Waals surface area contributed by atoms with E-state index < -0.39 is 5.97 Å². The molecular formula is C36H56Cl2N2O4. The van der Waals surface area contributed by atoms with E-state index in [2.05, 4.69) is 23.8 Å². The summed E-state index contributed by atoms with van der Waals surface area (Å²) in [6.07, 6.45) is 28.1. The smallest absolute Gasteiger partial charge is 0.341 e. The zero-order valence-corrected chi connectivity index (χ0v) is 28.8. The number of unbranched alkanes of at least 4 members (excludes halogenated alkanes) is 18. The molecule has 0 fully saturated rings. The Morgan fingerprint density at radius 3 is 1.64 bits per heavy atom. The van der Waals surface area contributed by atoms with Crippen molar-refractivity contribution in [3.8, 4) is 0 Å². The molecule has 0 aliphatic carbocycles. The Morgan fingerprint density at radius 1 is 0.659 bits per heavy atom. The predicted octanol–water partition coefficient (Wildman–Crippen LogP) is 11.7. The second-order valence-electron chi connectivity index (χ2n) is 11.5. The molecule has 0 aliphatic heterocycles. The van der Waals surface area contributed by atoms with Crippen molar-refractivity contribution in [3.05, 3.63) is 57.6 Å². The van der Waals surface area contributed by atoms with Crippen LogP contribution in [0.5, 0.6) is 0 Å². The minimum Gasteiger partial charge on any atom is -0.478 e. The molecule has 1 N–H and O–H groups in total. The molecule has 0 atom stereocenters. The van der Waals surface area contributed by atoms with Gasteiger partial charge in [0.25, 0.3) is 0 Å². The third-order valence-corrected chi connectivity index (χ3v) is 8.22. The molecule has 0 spiro atoms. The number of ether oxygens (including phenoxy) is 1. The lowest BCUT2D eigenvalue weighted by Gasteiger charge is -2.06. The van der Waals surface area contributed by atoms with E-state index in [1.54, 1.807) is 30.5 Å². The van der Waals surface area contributed by atoms with Gasteiger partial charge >= 0.3 is 11.9 Å². The lowest BCUT2D eigenvalue weighted by Crippen LogP contribution is -2.07. The molecule has 0 aliphatic rings. The third kappa shape index (κ3) is 20.0. The van der Waals surface area contributed by atoms with Crippen LogP contribution < -0.4 is 0 Å². The maximum atomic E-state index is 11.8. The van der Waals surface area contributed by atoms with Gasteiger partial charge in [0.2, 0.25) is 0 Å². The lowest BCUT2D eigenvalue weighted by molar-refractivity contribution is 0.0497. The molecule has 0 amide bonds. The highest BCUT2D eigenvalue weighted by atomic mass is 35.5. The summed E-state index contributed by atoms with van der Waals surface area (Å²) in [5, 5.41) is 9.20. The van der Waals surface area contributed by atoms with Gasteiger partial charge in [0.05, 0.1) is 17.7 Å². The average Bonchev–Trinajstić information content (AvgIpc) is 3.01. The number of aromatic nitrogens is 2. The van der Waals surface area contributed by atoms with E-state index in [9.17, 15) is 9.59 Å². The number of carboxylic acid groups (broad SMARTS) is 1. The van der Waals surface area contributed by atoms with Gasteiger partial charge in [-0.2, -0.15) is 0 Å². The molecule has 0 aromatic carbocycles. The first-order valence-electron chi connectivity index (χ1n) is 17.1. The molecule has 0 unspecified atom stereocenters. The minimum atomic E-state index is -1.03. The number of esters is 1. The van der Waals surface area contributed by atoms with E-state index in [1.165, 1.54) is 109 Å². The summed E-state index contributed by atoms with van der Waals surface area (Å²) in [5.74, 6) is -1.41. The van der Waals surface area contributed by atoms with Crippen LogP contribution in [0.25, 0.3) is 0 Å². The summed E-state index contributed by atoms with van der Waals surface area (Å²) in [5.41, 5.74) is 1.30. The Labute approximate surface area is 276 Å². The van der Waals surface area contributed by atoms with Gasteiger partial charge in [-0.1, -0.05) is 153 Å². The Bertz CT molecular complexity index is 1030. The van der Waals surface area contributed by atoms with Gasteiger partial charge in [0.15, 0.2) is 0 Å². The van der Waals surface area contributed by atoms with Crippen LogP contribution in [0.1, 0.15) is 169 Å². The topological polar surface area (TPSA) is 89.4 Å². The van der Waals surface area contributed by atoms with Crippen LogP contribution in [0.3, 0.4) is 0 Å². The molecular weight excluding hydrogens is 595 g/mol. The molecule has 0 radical (unpaired) electrons. The van der Waals surface area contributed by atoms with Crippen molar-refractivity contribution in [2.75, 3.05) is 6.61 Å². The normalized spacial score (nSPS) is 10.7. The molecule has 6 nitrogen and oxygen atoms in total. The first kappa shape index (κ1) is 39.8. The fourth-order valence-electron chi connectivity index (χ4n) is 4.93. The van der Waals surface area contributed by atoms with Gasteiger partial charge in [-0.3, -0.25) is 0 Å². The second kappa shape index (κ2) is 27.2. The number of hydrogen-bond donors (Lipinski definition) is 1. The van der Waals surface area contributed by atoms with E-state index in [0.717, 1.165) is 31.4 Å². The van der Waals surface area contributed by atoms with Crippen LogP contribution in [0.15, 0.2) is 30.5 Å². The average molecular weight is 652 g/mol. The molecule has 2 rings (SSSR count). The monoisotopic (exact) mass is 650 g/mol. The van der Waals surface area contributed by atoms with Gasteiger partial charge < -0.3 is 9.84 Å². The maximum absolute atomic E-state index is 11.8. The largest absolute Gasteiger partial charge is 0.478 e. The molecule has 0 saturated heterocycles. The lowest BCUT2D eigenvalue weighted by atomic mass is 10.0. The summed E-state index contributed by atoms with van der Waals surface area (Å²) >= 11 is 11.7. The zero-order chi connectivity index (χ0) is 32.3. The fourth-order valence-corrected chi connectivity index (χ4v) is 5.38. The standard InChI is InChI=1S/2C18H28ClNO2/c1-2-3-4-5-6-7-8-9-10-11-15-22-18(21)16-13-12-14-20-17(16)19;1-2-3-4-5-6-7-8-9-10-11-12-15-13-14-16(18(21)22)17(19)20-15/h12-14H,2-11,15H2,1H3;13-14H,2-12H2,1H3,(H,21,22). The predicted molar refractivity (Wildman–Crippen MR) is 183 cm³/mol. The van der Waals surface area contributed by atoms with Gasteiger partial charge in [0, 0.05) is 11.9 Å². The van der Waals surface area contributed by atoms with E-state index in [4.69, 9.17) is 33.0 Å². The number of carboxylic acids is 1. The van der Waals surface area contributed by atoms with Crippen LogP contribution in [-0.4, -0.2) is 33.6 Å². The van der Waals surface area contributed by atoms with Gasteiger partial charge in [-0.25, -0.2) is 19.6 Å². The van der Waals surface area contributed by atoms with Crippen molar-refractivity contribution in [2.45, 2.75) is 149 Å². The molecule has 0 bridgehead atoms. The first-order valence-corrected chi connectivity index (χ1v) is 17.8. The number of carbonyl (C=O) groups excluding carboxylic acids is 1. The van der Waals surface area contributed by atoms with Crippen molar-refractivity contribution in [1.82, 2.24) is 9.97 Å². The van der Waals surface area contributed by atoms with Crippen molar-refractivity contribution < 1.29 is 19.4 Å². The van der Waals surface area contributed by atoms with E-state index >= 15 is 0 Å². The number of pyridine rings is 2. The summed E-state index contributed by atoms with van der Waals surface area (Å²) in [7, 11) is 0. The van der Waals surface area contributed by atoms with E-state index in [0.29, 0.717) is 12.2 Å². The van der Waals surface area contributed by atoms with Crippen molar-refractivity contribution in [2.24, 2.45) is 0 Å². The first-order chi connectivity index (χ1) is 21.4. The van der Waals surface area contributed by atoms with E-state index in [1.807, 2.05) is 0 Å². The van der Waals surface area contributed by atoms with Crippen LogP contribution in [-0.2, 0) is 11.2 Å². The van der Waals surface area contributed by atoms with E-state index in [-0.39, 0.29) is 21.8 Å². The Morgan fingerprint density at radius 2 is 1.16 bits per heavy atom. The Balaban J connectivity index is 0.000000440. The Hall–Kier alpha value is -2.18. The summed E-state index contributed by atoms with van der Waals surface area (Å²) < 4.78 is 5.22. The number of aryl methyl sites for hydroxylation is 1. The van der Waals surface area contributed by atoms with Crippen LogP contribution in [0.2, 0.25) is 10.3 Å².